The number of nitrogens with one attached hydrogen (secondary N) is 1. The molecule has 3 rings (SSSR count). The molecule has 0 saturated carbocycles. The fourth-order valence-electron chi connectivity index (χ4n) is 2.15. The molecule has 0 radical (unpaired) electrons. The molecule has 0 saturated heterocycles. The van der Waals surface area contributed by atoms with E-state index < -0.39 is 0 Å². The Labute approximate surface area is 164 Å². The van der Waals surface area contributed by atoms with E-state index in [1.54, 1.807) is 34.4 Å². The minimum Gasteiger partial charge on any atom is -0.351 e. The third kappa shape index (κ3) is 5.07. The monoisotopic (exact) mass is 408 g/mol. The van der Waals surface area contributed by atoms with E-state index in [1.165, 1.54) is 0 Å². The molecule has 1 aromatic carbocycles. The highest BCUT2D eigenvalue weighted by Gasteiger charge is 2.15. The van der Waals surface area contributed by atoms with E-state index in [9.17, 15) is 4.79 Å². The predicted octanol–water partition coefficient (Wildman–Crippen LogP) is 5.46. The van der Waals surface area contributed by atoms with Gasteiger partial charge in [0, 0.05) is 33.6 Å². The van der Waals surface area contributed by atoms with Crippen LogP contribution in [0.5, 0.6) is 0 Å². The lowest BCUT2D eigenvalue weighted by molar-refractivity contribution is -0.120. The van der Waals surface area contributed by atoms with Crippen molar-refractivity contribution in [1.82, 2.24) is 10.3 Å². The maximum Gasteiger partial charge on any atom is 0.233 e. The van der Waals surface area contributed by atoms with Crippen molar-refractivity contribution < 1.29 is 4.79 Å². The van der Waals surface area contributed by atoms with Gasteiger partial charge in [-0.05, 0) is 30.0 Å². The highest BCUT2D eigenvalue weighted by Crippen LogP contribution is 2.28. The van der Waals surface area contributed by atoms with E-state index in [4.69, 9.17) is 11.6 Å². The molecule has 0 spiro atoms. The first kappa shape index (κ1) is 18.5. The summed E-state index contributed by atoms with van der Waals surface area (Å²) in [4.78, 5) is 16.9. The van der Waals surface area contributed by atoms with Crippen LogP contribution in [-0.2, 0) is 17.1 Å². The molecular formula is C18H17ClN2OS3. The first-order valence-electron chi connectivity index (χ1n) is 7.73. The molecular weight excluding hydrogens is 392 g/mol. The lowest BCUT2D eigenvalue weighted by Crippen LogP contribution is -2.30. The maximum atomic E-state index is 12.2. The molecule has 1 N–H and O–H groups in total. The van der Waals surface area contributed by atoms with Crippen molar-refractivity contribution in [2.75, 3.05) is 0 Å². The summed E-state index contributed by atoms with van der Waals surface area (Å²) in [6.45, 7) is 2.36. The minimum atomic E-state index is -0.145. The van der Waals surface area contributed by atoms with Crippen LogP contribution in [0.3, 0.4) is 0 Å². The van der Waals surface area contributed by atoms with Gasteiger partial charge in [-0.25, -0.2) is 4.98 Å². The standard InChI is InChI=1S/C18H17ClN2OS3/c1-12(17(22)20-8-13-4-2-3-5-16(13)19)24-10-15-11-25-18(21-15)14-6-7-23-9-14/h2-7,9,11-12H,8,10H2,1H3,(H,20,22)/t12-/m1/s1. The van der Waals surface area contributed by atoms with Crippen molar-refractivity contribution in [2.24, 2.45) is 0 Å². The summed E-state index contributed by atoms with van der Waals surface area (Å²) in [5, 5.41) is 10.7. The van der Waals surface area contributed by atoms with Crippen LogP contribution in [0.2, 0.25) is 5.02 Å². The van der Waals surface area contributed by atoms with E-state index in [0.717, 1.165) is 27.6 Å². The molecule has 7 heteroatoms. The van der Waals surface area contributed by atoms with Gasteiger partial charge in [0.15, 0.2) is 0 Å². The van der Waals surface area contributed by atoms with Gasteiger partial charge in [0.05, 0.1) is 10.9 Å². The van der Waals surface area contributed by atoms with Gasteiger partial charge in [-0.3, -0.25) is 4.79 Å². The number of thiophene rings is 1. The molecule has 0 fully saturated rings. The first-order valence-corrected chi connectivity index (χ1v) is 11.0. The van der Waals surface area contributed by atoms with Crippen LogP contribution in [0.4, 0.5) is 0 Å². The number of amides is 1. The second kappa shape index (κ2) is 8.85. The van der Waals surface area contributed by atoms with Crippen molar-refractivity contribution in [2.45, 2.75) is 24.5 Å². The number of hydrogen-bond donors (Lipinski definition) is 1. The highest BCUT2D eigenvalue weighted by molar-refractivity contribution is 7.99. The molecule has 3 nitrogen and oxygen atoms in total. The molecule has 25 heavy (non-hydrogen) atoms. The van der Waals surface area contributed by atoms with Crippen LogP contribution in [0, 0.1) is 0 Å². The molecule has 0 unspecified atom stereocenters. The molecule has 2 heterocycles. The van der Waals surface area contributed by atoms with Crippen LogP contribution in [-0.4, -0.2) is 16.1 Å². The average Bonchev–Trinajstić information content (AvgIpc) is 3.29. The number of carbonyl (C=O) groups is 1. The van der Waals surface area contributed by atoms with Gasteiger partial charge in [0.25, 0.3) is 0 Å². The van der Waals surface area contributed by atoms with Gasteiger partial charge in [0.2, 0.25) is 5.91 Å². The molecule has 1 atom stereocenters. The van der Waals surface area contributed by atoms with Crippen molar-refractivity contribution in [3.63, 3.8) is 0 Å². The SMILES string of the molecule is C[C@@H](SCc1csc(-c2ccsc2)n1)C(=O)NCc1ccccc1Cl. The van der Waals surface area contributed by atoms with Crippen LogP contribution >= 0.6 is 46.0 Å². The molecule has 0 aliphatic rings. The number of thiazole rings is 1. The molecule has 3 aromatic rings. The maximum absolute atomic E-state index is 12.2. The number of rotatable bonds is 7. The average molecular weight is 409 g/mol. The van der Waals surface area contributed by atoms with Crippen molar-refractivity contribution in [1.29, 1.82) is 0 Å². The zero-order chi connectivity index (χ0) is 17.6. The van der Waals surface area contributed by atoms with Crippen LogP contribution in [0.15, 0.2) is 46.5 Å². The Morgan fingerprint density at radius 2 is 2.16 bits per heavy atom. The summed E-state index contributed by atoms with van der Waals surface area (Å²) in [5.74, 6) is 0.736. The largest absolute Gasteiger partial charge is 0.351 e. The minimum absolute atomic E-state index is 0.0122. The third-order valence-electron chi connectivity index (χ3n) is 3.58. The summed E-state index contributed by atoms with van der Waals surface area (Å²) in [6, 6.07) is 9.62. The number of thioether (sulfide) groups is 1. The summed E-state index contributed by atoms with van der Waals surface area (Å²) >= 11 is 11.0. The van der Waals surface area contributed by atoms with Crippen molar-refractivity contribution in [3.8, 4) is 10.6 Å². The zero-order valence-electron chi connectivity index (χ0n) is 13.6. The van der Waals surface area contributed by atoms with Crippen molar-refractivity contribution in [3.05, 3.63) is 62.8 Å². The number of halogens is 1. The lowest BCUT2D eigenvalue weighted by atomic mass is 10.2. The summed E-state index contributed by atoms with van der Waals surface area (Å²) in [6.07, 6.45) is 0. The topological polar surface area (TPSA) is 42.0 Å². The normalized spacial score (nSPS) is 12.1. The second-order valence-electron chi connectivity index (χ2n) is 5.42. The predicted molar refractivity (Wildman–Crippen MR) is 109 cm³/mol. The summed E-state index contributed by atoms with van der Waals surface area (Å²) < 4.78 is 0. The van der Waals surface area contributed by atoms with Gasteiger partial charge in [0.1, 0.15) is 5.01 Å². The van der Waals surface area contributed by atoms with Gasteiger partial charge in [-0.2, -0.15) is 11.3 Å². The number of hydrogen-bond acceptors (Lipinski definition) is 5. The smallest absolute Gasteiger partial charge is 0.233 e. The van der Waals surface area contributed by atoms with E-state index in [1.807, 2.05) is 31.2 Å². The van der Waals surface area contributed by atoms with Crippen LogP contribution < -0.4 is 5.32 Å². The van der Waals surface area contributed by atoms with E-state index >= 15 is 0 Å². The number of aromatic nitrogens is 1. The fourth-order valence-corrected chi connectivity index (χ4v) is 4.79. The van der Waals surface area contributed by atoms with Gasteiger partial charge in [-0.1, -0.05) is 29.8 Å². The molecule has 2 aromatic heterocycles. The van der Waals surface area contributed by atoms with E-state index in [0.29, 0.717) is 11.6 Å². The molecule has 0 aliphatic heterocycles. The highest BCUT2D eigenvalue weighted by atomic mass is 35.5. The molecule has 1 amide bonds. The Morgan fingerprint density at radius 3 is 2.92 bits per heavy atom. The third-order valence-corrected chi connectivity index (χ3v) is 6.75. The van der Waals surface area contributed by atoms with E-state index in [-0.39, 0.29) is 11.2 Å². The number of benzene rings is 1. The van der Waals surface area contributed by atoms with Crippen molar-refractivity contribution >= 4 is 51.9 Å². The summed E-state index contributed by atoms with van der Waals surface area (Å²) in [5.41, 5.74) is 3.10. The van der Waals surface area contributed by atoms with Gasteiger partial charge in [-0.15, -0.1) is 23.1 Å². The zero-order valence-corrected chi connectivity index (χ0v) is 16.8. The second-order valence-corrected chi connectivity index (χ2v) is 8.79. The number of carbonyl (C=O) groups excluding carboxylic acids is 1. The fraction of sp³-hybridized carbons (Fsp3) is 0.222. The molecule has 0 bridgehead atoms. The molecule has 0 aliphatic carbocycles. The van der Waals surface area contributed by atoms with Crippen LogP contribution in [0.25, 0.3) is 10.6 Å². The lowest BCUT2D eigenvalue weighted by Gasteiger charge is -2.12. The Morgan fingerprint density at radius 1 is 1.32 bits per heavy atom. The van der Waals surface area contributed by atoms with Gasteiger partial charge >= 0.3 is 0 Å². The Balaban J connectivity index is 1.48. The quantitative estimate of drug-likeness (QED) is 0.564. The summed E-state index contributed by atoms with van der Waals surface area (Å²) in [7, 11) is 0. The molecule has 130 valence electrons. The Kier molecular flexibility index (Phi) is 6.53. The van der Waals surface area contributed by atoms with E-state index in [2.05, 4.69) is 32.5 Å². The van der Waals surface area contributed by atoms with Crippen LogP contribution in [0.1, 0.15) is 18.2 Å². The van der Waals surface area contributed by atoms with Gasteiger partial charge < -0.3 is 5.32 Å². The number of nitrogens with zero attached hydrogens (tertiary/aromatic N) is 1. The first-order chi connectivity index (χ1) is 12.1. The Hall–Kier alpha value is -1.34. The Bertz CT molecular complexity index is 832.